The Morgan fingerprint density at radius 2 is 2.00 bits per heavy atom. The molecule has 7 heteroatoms. The van der Waals surface area contributed by atoms with Crippen LogP contribution in [0.2, 0.25) is 5.02 Å². The van der Waals surface area contributed by atoms with Gasteiger partial charge >= 0.3 is 5.97 Å². The molecule has 0 spiro atoms. The summed E-state index contributed by atoms with van der Waals surface area (Å²) in [7, 11) is 1.42. The monoisotopic (exact) mass is 453 g/mol. The first kappa shape index (κ1) is 22.0. The molecule has 1 heterocycles. The predicted octanol–water partition coefficient (Wildman–Crippen LogP) is 4.62. The van der Waals surface area contributed by atoms with Crippen molar-refractivity contribution in [2.75, 3.05) is 7.11 Å². The highest BCUT2D eigenvalue weighted by Gasteiger charge is 2.44. The number of nitrogens with one attached hydrogen (secondary N) is 1. The fourth-order valence-corrected chi connectivity index (χ4v) is 4.60. The van der Waals surface area contributed by atoms with E-state index in [1.807, 2.05) is 30.3 Å². The van der Waals surface area contributed by atoms with Gasteiger partial charge in [0.25, 0.3) is 0 Å². The van der Waals surface area contributed by atoms with E-state index in [-0.39, 0.29) is 28.9 Å². The van der Waals surface area contributed by atoms with E-state index in [2.05, 4.69) is 11.9 Å². The van der Waals surface area contributed by atoms with Crippen LogP contribution >= 0.6 is 11.6 Å². The number of Topliss-reactive ketones (excluding diaryl/α,β-unsaturated/α-hetero) is 1. The molecule has 6 nitrogen and oxygen atoms in total. The van der Waals surface area contributed by atoms with Gasteiger partial charge in [0.15, 0.2) is 17.3 Å². The number of aromatic hydroxyl groups is 1. The Balaban J connectivity index is 1.76. The summed E-state index contributed by atoms with van der Waals surface area (Å²) in [6, 6.07) is 12.5. The minimum Gasteiger partial charge on any atom is -0.503 e. The van der Waals surface area contributed by atoms with Crippen molar-refractivity contribution in [1.82, 2.24) is 5.32 Å². The van der Waals surface area contributed by atoms with E-state index in [1.54, 1.807) is 12.1 Å². The Morgan fingerprint density at radius 1 is 1.25 bits per heavy atom. The van der Waals surface area contributed by atoms with Gasteiger partial charge in [0.05, 0.1) is 12.1 Å². The lowest BCUT2D eigenvalue weighted by atomic mass is 9.71. The number of methoxy groups -OCH3 is 1. The number of hydrogen-bond donors (Lipinski definition) is 2. The van der Waals surface area contributed by atoms with Gasteiger partial charge in [0.1, 0.15) is 12.5 Å². The Hall–Kier alpha value is -3.25. The Labute approximate surface area is 191 Å². The molecule has 0 aromatic heterocycles. The van der Waals surface area contributed by atoms with E-state index < -0.39 is 17.8 Å². The third-order valence-corrected chi connectivity index (χ3v) is 6.18. The lowest BCUT2D eigenvalue weighted by molar-refractivity contribution is -0.149. The van der Waals surface area contributed by atoms with Crippen molar-refractivity contribution < 1.29 is 24.2 Å². The van der Waals surface area contributed by atoms with Crippen LogP contribution in [0.5, 0.6) is 11.5 Å². The fourth-order valence-electron chi connectivity index (χ4n) is 4.38. The van der Waals surface area contributed by atoms with E-state index in [0.29, 0.717) is 29.7 Å². The van der Waals surface area contributed by atoms with Gasteiger partial charge in [-0.1, -0.05) is 48.5 Å². The molecule has 1 aliphatic carbocycles. The third kappa shape index (κ3) is 4.10. The van der Waals surface area contributed by atoms with E-state index >= 15 is 0 Å². The minimum atomic E-state index is -0.843. The highest BCUT2D eigenvalue weighted by molar-refractivity contribution is 6.32. The zero-order valence-corrected chi connectivity index (χ0v) is 18.4. The second kappa shape index (κ2) is 9.09. The molecule has 2 atom stereocenters. The quantitative estimate of drug-likeness (QED) is 0.642. The molecule has 4 rings (SSSR count). The van der Waals surface area contributed by atoms with E-state index in [9.17, 15) is 14.7 Å². The number of halogens is 1. The van der Waals surface area contributed by atoms with E-state index in [1.165, 1.54) is 7.11 Å². The van der Waals surface area contributed by atoms with Crippen LogP contribution in [0.3, 0.4) is 0 Å². The number of ketones is 1. The predicted molar refractivity (Wildman–Crippen MR) is 120 cm³/mol. The Kier molecular flexibility index (Phi) is 6.24. The first-order chi connectivity index (χ1) is 15.4. The summed E-state index contributed by atoms with van der Waals surface area (Å²) in [4.78, 5) is 26.3. The van der Waals surface area contributed by atoms with Crippen LogP contribution in [0.4, 0.5) is 0 Å². The van der Waals surface area contributed by atoms with Crippen LogP contribution in [0.15, 0.2) is 66.0 Å². The molecular weight excluding hydrogens is 430 g/mol. The first-order valence-electron chi connectivity index (χ1n) is 10.4. The molecule has 2 unspecified atom stereocenters. The number of carbonyl (C=O) groups is 2. The Bertz CT molecular complexity index is 1110. The van der Waals surface area contributed by atoms with Gasteiger partial charge in [0, 0.05) is 29.3 Å². The minimum absolute atomic E-state index is 0.0275. The zero-order valence-electron chi connectivity index (χ0n) is 17.7. The smallest absolute Gasteiger partial charge is 0.316 e. The maximum Gasteiger partial charge on any atom is 0.316 e. The first-order valence-corrected chi connectivity index (χ1v) is 10.8. The number of carbonyl (C=O) groups excluding carboxylic acids is 2. The number of ether oxygens (including phenoxy) is 2. The van der Waals surface area contributed by atoms with Crippen molar-refractivity contribution in [1.29, 1.82) is 0 Å². The zero-order chi connectivity index (χ0) is 22.8. The average molecular weight is 454 g/mol. The van der Waals surface area contributed by atoms with Crippen LogP contribution in [0.1, 0.15) is 36.3 Å². The van der Waals surface area contributed by atoms with Crippen LogP contribution in [-0.4, -0.2) is 24.0 Å². The van der Waals surface area contributed by atoms with Crippen LogP contribution < -0.4 is 10.1 Å². The summed E-state index contributed by atoms with van der Waals surface area (Å²) in [5, 5.41) is 13.4. The van der Waals surface area contributed by atoms with E-state index in [4.69, 9.17) is 21.1 Å². The van der Waals surface area contributed by atoms with Crippen molar-refractivity contribution in [3.05, 3.63) is 82.2 Å². The maximum absolute atomic E-state index is 13.3. The molecule has 0 saturated heterocycles. The van der Waals surface area contributed by atoms with Gasteiger partial charge in [-0.3, -0.25) is 9.59 Å². The maximum atomic E-state index is 13.3. The van der Waals surface area contributed by atoms with Crippen LogP contribution in [0, 0.1) is 5.92 Å². The number of phenols is 1. The molecule has 1 aliphatic heterocycles. The lowest BCUT2D eigenvalue weighted by Crippen LogP contribution is -2.41. The summed E-state index contributed by atoms with van der Waals surface area (Å²) >= 11 is 6.25. The normalized spacial score (nSPS) is 20.4. The Morgan fingerprint density at radius 3 is 2.72 bits per heavy atom. The number of rotatable bonds is 5. The van der Waals surface area contributed by atoms with Crippen LogP contribution in [0.25, 0.3) is 0 Å². The summed E-state index contributed by atoms with van der Waals surface area (Å²) in [6.07, 6.45) is 1.82. The number of phenolic OH excluding ortho intramolecular Hbond substituents is 1. The summed E-state index contributed by atoms with van der Waals surface area (Å²) < 4.78 is 10.9. The number of esters is 1. The lowest BCUT2D eigenvalue weighted by Gasteiger charge is -2.38. The van der Waals surface area contributed by atoms with Crippen molar-refractivity contribution in [3.63, 3.8) is 0 Å². The number of benzene rings is 2. The molecule has 32 heavy (non-hydrogen) atoms. The van der Waals surface area contributed by atoms with Gasteiger partial charge < -0.3 is 19.9 Å². The van der Waals surface area contributed by atoms with Gasteiger partial charge in [-0.05, 0) is 36.1 Å². The largest absolute Gasteiger partial charge is 0.503 e. The molecule has 0 saturated carbocycles. The molecule has 2 aromatic rings. The van der Waals surface area contributed by atoms with Gasteiger partial charge in [-0.2, -0.15) is 0 Å². The molecule has 2 aliphatic rings. The standard InChI is InChI=1S/C25H24ClNO5/c1-14-21(25(30)32-13-15-7-4-3-5-8-15)22(23-18(27-14)9-6-10-19(23)28)16-11-17(26)24(29)20(12-16)31-2/h3-5,7-8,11-12,21-22,27,29H,1,6,9-10,13H2,2H3. The highest BCUT2D eigenvalue weighted by Crippen LogP contribution is 2.47. The molecule has 0 amide bonds. The van der Waals surface area contributed by atoms with E-state index in [0.717, 1.165) is 17.7 Å². The summed E-state index contributed by atoms with van der Waals surface area (Å²) in [6.45, 7) is 4.18. The second-order valence-electron chi connectivity index (χ2n) is 7.92. The van der Waals surface area contributed by atoms with Crippen molar-refractivity contribution >= 4 is 23.4 Å². The molecule has 0 bridgehead atoms. The molecular formula is C25H24ClNO5. The average Bonchev–Trinajstić information content (AvgIpc) is 2.79. The molecule has 0 radical (unpaired) electrons. The molecule has 0 fully saturated rings. The number of hydrogen-bond acceptors (Lipinski definition) is 6. The molecule has 2 N–H and O–H groups in total. The highest BCUT2D eigenvalue weighted by atomic mass is 35.5. The summed E-state index contributed by atoms with van der Waals surface area (Å²) in [5.74, 6) is -2.05. The fraction of sp³-hybridized carbons (Fsp3) is 0.280. The topological polar surface area (TPSA) is 84.9 Å². The number of allylic oxidation sites excluding steroid dienone is 2. The third-order valence-electron chi connectivity index (χ3n) is 5.89. The van der Waals surface area contributed by atoms with Gasteiger partial charge in [-0.25, -0.2) is 0 Å². The molecule has 2 aromatic carbocycles. The van der Waals surface area contributed by atoms with Crippen molar-refractivity contribution in [3.8, 4) is 11.5 Å². The van der Waals surface area contributed by atoms with Gasteiger partial charge in [-0.15, -0.1) is 0 Å². The second-order valence-corrected chi connectivity index (χ2v) is 8.33. The van der Waals surface area contributed by atoms with Crippen molar-refractivity contribution in [2.45, 2.75) is 31.8 Å². The molecule has 166 valence electrons. The van der Waals surface area contributed by atoms with Crippen LogP contribution in [-0.2, 0) is 20.9 Å². The van der Waals surface area contributed by atoms with Crippen molar-refractivity contribution in [2.24, 2.45) is 5.92 Å². The summed E-state index contributed by atoms with van der Waals surface area (Å²) in [5.41, 5.74) is 3.21. The SMILES string of the molecule is C=C1NC2=C(C(=O)CCC2)C(c2cc(Cl)c(O)c(OC)c2)C1C(=O)OCc1ccccc1. The van der Waals surface area contributed by atoms with Gasteiger partial charge in [0.2, 0.25) is 0 Å².